The molecular formula is C30H21ClN2O4. The lowest BCUT2D eigenvalue weighted by Crippen LogP contribution is -2.24. The van der Waals surface area contributed by atoms with Gasteiger partial charge in [-0.05, 0) is 52.6 Å². The molecule has 1 N–H and O–H groups in total. The number of nitrogens with zero attached hydrogens (tertiary/aromatic N) is 1. The summed E-state index contributed by atoms with van der Waals surface area (Å²) in [5, 5.41) is 8.32. The quantitative estimate of drug-likeness (QED) is 0.119. The number of fused-ring (bicyclic) bond motifs is 2. The molecule has 0 heterocycles. The minimum Gasteiger partial charge on any atom is -0.483 e. The number of carbonyl (C=O) groups excluding carboxylic acids is 2. The van der Waals surface area contributed by atoms with E-state index in [1.807, 2.05) is 72.8 Å². The number of amides is 1. The van der Waals surface area contributed by atoms with Gasteiger partial charge in [-0.2, -0.15) is 5.10 Å². The largest absolute Gasteiger partial charge is 0.483 e. The number of hydrogen-bond donors (Lipinski definition) is 1. The highest BCUT2D eigenvalue weighted by Crippen LogP contribution is 2.28. The molecule has 0 aliphatic carbocycles. The zero-order chi connectivity index (χ0) is 25.6. The van der Waals surface area contributed by atoms with Crippen molar-refractivity contribution in [2.75, 3.05) is 6.61 Å². The Balaban J connectivity index is 1.32. The second-order valence-corrected chi connectivity index (χ2v) is 8.59. The van der Waals surface area contributed by atoms with E-state index in [4.69, 9.17) is 21.1 Å². The lowest BCUT2D eigenvalue weighted by Gasteiger charge is -2.11. The van der Waals surface area contributed by atoms with Crippen molar-refractivity contribution in [3.05, 3.63) is 119 Å². The Kier molecular flexibility index (Phi) is 7.10. The van der Waals surface area contributed by atoms with Crippen LogP contribution in [0, 0.1) is 0 Å². The van der Waals surface area contributed by atoms with Gasteiger partial charge in [-0.1, -0.05) is 78.3 Å². The summed E-state index contributed by atoms with van der Waals surface area (Å²) in [5.74, 6) is -0.0374. The van der Waals surface area contributed by atoms with Crippen molar-refractivity contribution in [1.82, 2.24) is 5.43 Å². The van der Waals surface area contributed by atoms with Crippen LogP contribution >= 0.6 is 11.6 Å². The maximum absolute atomic E-state index is 12.7. The van der Waals surface area contributed by atoms with Crippen LogP contribution in [-0.4, -0.2) is 24.7 Å². The first kappa shape index (κ1) is 24.0. The van der Waals surface area contributed by atoms with E-state index >= 15 is 0 Å². The highest BCUT2D eigenvalue weighted by Gasteiger charge is 2.14. The van der Waals surface area contributed by atoms with E-state index in [-0.39, 0.29) is 6.61 Å². The van der Waals surface area contributed by atoms with Crippen LogP contribution in [0.15, 0.2) is 108 Å². The molecule has 0 atom stereocenters. The number of benzene rings is 5. The first-order valence-electron chi connectivity index (χ1n) is 11.5. The Hall–Kier alpha value is -4.68. The number of nitrogens with one attached hydrogen (secondary N) is 1. The third kappa shape index (κ3) is 5.60. The normalized spacial score (nSPS) is 11.1. The molecule has 0 saturated heterocycles. The Morgan fingerprint density at radius 1 is 0.757 bits per heavy atom. The number of halogens is 1. The predicted molar refractivity (Wildman–Crippen MR) is 146 cm³/mol. The van der Waals surface area contributed by atoms with Crippen LogP contribution in [0.25, 0.3) is 21.5 Å². The van der Waals surface area contributed by atoms with E-state index in [0.29, 0.717) is 27.6 Å². The number of rotatable bonds is 7. The minimum absolute atomic E-state index is 0.209. The van der Waals surface area contributed by atoms with Gasteiger partial charge in [0.25, 0.3) is 5.91 Å². The van der Waals surface area contributed by atoms with Crippen LogP contribution < -0.4 is 14.9 Å². The summed E-state index contributed by atoms with van der Waals surface area (Å²) in [7, 11) is 0. The lowest BCUT2D eigenvalue weighted by atomic mass is 10.0. The van der Waals surface area contributed by atoms with Crippen molar-refractivity contribution in [2.45, 2.75) is 0 Å². The molecule has 0 bridgehead atoms. The van der Waals surface area contributed by atoms with E-state index in [1.165, 1.54) is 6.21 Å². The van der Waals surface area contributed by atoms with Gasteiger partial charge in [0.2, 0.25) is 0 Å². The molecule has 0 aliphatic rings. The van der Waals surface area contributed by atoms with Crippen molar-refractivity contribution in [3.8, 4) is 11.5 Å². The fraction of sp³-hybridized carbons (Fsp3) is 0.0333. The van der Waals surface area contributed by atoms with Crippen LogP contribution in [0.2, 0.25) is 5.02 Å². The molecule has 5 rings (SSSR count). The van der Waals surface area contributed by atoms with Gasteiger partial charge in [-0.15, -0.1) is 0 Å². The van der Waals surface area contributed by atoms with E-state index in [1.54, 1.807) is 30.3 Å². The number of ether oxygens (including phenoxy) is 2. The fourth-order valence-electron chi connectivity index (χ4n) is 3.91. The average Bonchev–Trinajstić information content (AvgIpc) is 2.93. The van der Waals surface area contributed by atoms with Gasteiger partial charge in [0.1, 0.15) is 11.5 Å². The molecule has 0 spiro atoms. The molecule has 5 aromatic carbocycles. The summed E-state index contributed by atoms with van der Waals surface area (Å²) in [5.41, 5.74) is 3.40. The average molecular weight is 509 g/mol. The lowest BCUT2D eigenvalue weighted by molar-refractivity contribution is -0.123. The zero-order valence-corrected chi connectivity index (χ0v) is 20.3. The monoisotopic (exact) mass is 508 g/mol. The van der Waals surface area contributed by atoms with Crippen LogP contribution in [0.1, 0.15) is 15.9 Å². The molecule has 0 saturated carbocycles. The second-order valence-electron chi connectivity index (χ2n) is 8.15. The first-order valence-corrected chi connectivity index (χ1v) is 11.9. The zero-order valence-electron chi connectivity index (χ0n) is 19.6. The van der Waals surface area contributed by atoms with Gasteiger partial charge >= 0.3 is 5.97 Å². The van der Waals surface area contributed by atoms with Crippen molar-refractivity contribution >= 4 is 51.2 Å². The van der Waals surface area contributed by atoms with Gasteiger partial charge in [0, 0.05) is 16.0 Å². The van der Waals surface area contributed by atoms with Crippen molar-refractivity contribution < 1.29 is 19.1 Å². The summed E-state index contributed by atoms with van der Waals surface area (Å²) in [6.07, 6.45) is 1.46. The summed E-state index contributed by atoms with van der Waals surface area (Å²) in [6, 6.07) is 31.1. The van der Waals surface area contributed by atoms with Gasteiger partial charge < -0.3 is 9.47 Å². The van der Waals surface area contributed by atoms with Crippen LogP contribution in [-0.2, 0) is 4.79 Å². The highest BCUT2D eigenvalue weighted by molar-refractivity contribution is 6.30. The molecule has 182 valence electrons. The molecule has 5 aromatic rings. The van der Waals surface area contributed by atoms with E-state index < -0.39 is 11.9 Å². The third-order valence-corrected chi connectivity index (χ3v) is 5.96. The Morgan fingerprint density at radius 3 is 2.22 bits per heavy atom. The van der Waals surface area contributed by atoms with Gasteiger partial charge in [-0.25, -0.2) is 10.2 Å². The molecule has 0 fully saturated rings. The highest BCUT2D eigenvalue weighted by atomic mass is 35.5. The molecule has 0 aromatic heterocycles. The summed E-state index contributed by atoms with van der Waals surface area (Å²) in [4.78, 5) is 25.1. The molecule has 7 heteroatoms. The second kappa shape index (κ2) is 10.9. The first-order chi connectivity index (χ1) is 18.1. The summed E-state index contributed by atoms with van der Waals surface area (Å²) < 4.78 is 11.4. The van der Waals surface area contributed by atoms with E-state index in [2.05, 4.69) is 10.5 Å². The molecule has 37 heavy (non-hydrogen) atoms. The topological polar surface area (TPSA) is 77.0 Å². The summed E-state index contributed by atoms with van der Waals surface area (Å²) >= 11 is 5.92. The molecule has 1 amide bonds. The van der Waals surface area contributed by atoms with Crippen molar-refractivity contribution in [2.24, 2.45) is 5.10 Å². The van der Waals surface area contributed by atoms with Crippen LogP contribution in [0.5, 0.6) is 11.5 Å². The molecule has 6 nitrogen and oxygen atoms in total. The van der Waals surface area contributed by atoms with Gasteiger partial charge in [0.05, 0.1) is 11.8 Å². The Bertz CT molecular complexity index is 1630. The molecular weight excluding hydrogens is 488 g/mol. The molecule has 0 aliphatic heterocycles. The molecule has 0 unspecified atom stereocenters. The van der Waals surface area contributed by atoms with E-state index in [0.717, 1.165) is 21.5 Å². The summed E-state index contributed by atoms with van der Waals surface area (Å²) in [6.45, 7) is -0.209. The van der Waals surface area contributed by atoms with Gasteiger partial charge in [0.15, 0.2) is 6.61 Å². The Labute approximate surface area is 218 Å². The fourth-order valence-corrected chi connectivity index (χ4v) is 4.03. The SMILES string of the molecule is O=C(COc1cccc2ccccc12)N/N=C\c1c(OC(=O)c2ccc(Cl)cc2)ccc2ccccc12. The number of hydrazone groups is 1. The number of esters is 1. The standard InChI is InChI=1S/C30H21ClN2O4/c31-23-15-12-22(13-16-23)30(35)37-28-17-14-21-7-1-3-9-24(21)26(28)18-32-33-29(34)19-36-27-11-5-8-20-6-2-4-10-25(20)27/h1-18H,19H2,(H,33,34)/b32-18-. The maximum atomic E-state index is 12.7. The number of carbonyl (C=O) groups is 2. The van der Waals surface area contributed by atoms with Crippen molar-refractivity contribution in [3.63, 3.8) is 0 Å². The van der Waals surface area contributed by atoms with Crippen LogP contribution in [0.4, 0.5) is 0 Å². The maximum Gasteiger partial charge on any atom is 0.343 e. The van der Waals surface area contributed by atoms with Gasteiger partial charge in [-0.3, -0.25) is 4.79 Å². The number of hydrogen-bond acceptors (Lipinski definition) is 5. The minimum atomic E-state index is -0.533. The van der Waals surface area contributed by atoms with Crippen LogP contribution in [0.3, 0.4) is 0 Å². The van der Waals surface area contributed by atoms with E-state index in [9.17, 15) is 9.59 Å². The smallest absolute Gasteiger partial charge is 0.343 e. The predicted octanol–water partition coefficient (Wildman–Crippen LogP) is 6.39. The third-order valence-electron chi connectivity index (χ3n) is 5.70. The van der Waals surface area contributed by atoms with Crippen molar-refractivity contribution in [1.29, 1.82) is 0 Å². The Morgan fingerprint density at radius 2 is 1.43 bits per heavy atom. The molecule has 0 radical (unpaired) electrons.